The van der Waals surface area contributed by atoms with Crippen LogP contribution in [-0.4, -0.2) is 31.1 Å². The van der Waals surface area contributed by atoms with Crippen LogP contribution >= 0.6 is 0 Å². The molecule has 1 aliphatic heterocycles. The molecule has 144 valence electrons. The van der Waals surface area contributed by atoms with Gasteiger partial charge in [0.2, 0.25) is 0 Å². The van der Waals surface area contributed by atoms with Crippen LogP contribution in [0.5, 0.6) is 0 Å². The Labute approximate surface area is 169 Å². The highest BCUT2D eigenvalue weighted by Crippen LogP contribution is 2.32. The molecular formula is C26H30N2. The molecule has 1 heterocycles. The SMILES string of the molecule is Cc1cc(C)cc(C(c2ccc(-c3ccccc3)cc2)N2CCCNCC2)c1. The van der Waals surface area contributed by atoms with Gasteiger partial charge in [0.1, 0.15) is 0 Å². The molecule has 1 fully saturated rings. The van der Waals surface area contributed by atoms with Crippen LogP contribution in [0.1, 0.15) is 34.7 Å². The Kier molecular flexibility index (Phi) is 5.90. The minimum atomic E-state index is 0.309. The molecule has 0 aliphatic carbocycles. The number of aryl methyl sites for hydroxylation is 2. The molecule has 1 atom stereocenters. The molecule has 0 saturated carbocycles. The second-order valence-electron chi connectivity index (χ2n) is 7.95. The van der Waals surface area contributed by atoms with Crippen molar-refractivity contribution in [3.63, 3.8) is 0 Å². The van der Waals surface area contributed by atoms with E-state index >= 15 is 0 Å². The molecule has 2 heteroatoms. The minimum Gasteiger partial charge on any atom is -0.315 e. The van der Waals surface area contributed by atoms with Crippen LogP contribution in [-0.2, 0) is 0 Å². The third kappa shape index (κ3) is 4.35. The Balaban J connectivity index is 1.72. The molecule has 1 saturated heterocycles. The predicted octanol–water partition coefficient (Wildman–Crippen LogP) is 5.36. The van der Waals surface area contributed by atoms with Crippen molar-refractivity contribution in [1.82, 2.24) is 10.2 Å². The van der Waals surface area contributed by atoms with Crippen molar-refractivity contribution in [3.8, 4) is 11.1 Å². The molecular weight excluding hydrogens is 340 g/mol. The van der Waals surface area contributed by atoms with Crippen LogP contribution in [0, 0.1) is 13.8 Å². The lowest BCUT2D eigenvalue weighted by Gasteiger charge is -2.32. The van der Waals surface area contributed by atoms with Gasteiger partial charge in [-0.25, -0.2) is 0 Å². The summed E-state index contributed by atoms with van der Waals surface area (Å²) in [5.74, 6) is 0. The van der Waals surface area contributed by atoms with E-state index < -0.39 is 0 Å². The van der Waals surface area contributed by atoms with Gasteiger partial charge in [-0.05, 0) is 49.1 Å². The highest BCUT2D eigenvalue weighted by molar-refractivity contribution is 5.63. The van der Waals surface area contributed by atoms with Gasteiger partial charge in [-0.1, -0.05) is 83.9 Å². The molecule has 28 heavy (non-hydrogen) atoms. The van der Waals surface area contributed by atoms with E-state index in [1.807, 2.05) is 0 Å². The van der Waals surface area contributed by atoms with E-state index in [0.717, 1.165) is 26.2 Å². The summed E-state index contributed by atoms with van der Waals surface area (Å²) in [5, 5.41) is 3.55. The number of nitrogens with one attached hydrogen (secondary N) is 1. The first-order valence-electron chi connectivity index (χ1n) is 10.4. The summed E-state index contributed by atoms with van der Waals surface area (Å²) >= 11 is 0. The van der Waals surface area contributed by atoms with Gasteiger partial charge >= 0.3 is 0 Å². The fraction of sp³-hybridized carbons (Fsp3) is 0.308. The smallest absolute Gasteiger partial charge is 0.0602 e. The van der Waals surface area contributed by atoms with E-state index in [4.69, 9.17) is 0 Å². The third-order valence-corrected chi connectivity index (χ3v) is 5.63. The summed E-state index contributed by atoms with van der Waals surface area (Å²) in [6.45, 7) is 8.79. The standard InChI is InChI=1S/C26H30N2/c1-20-17-21(2)19-25(18-20)26(28-15-6-13-27-14-16-28)24-11-9-23(10-12-24)22-7-4-3-5-8-22/h3-5,7-12,17-19,26-27H,6,13-16H2,1-2H3. The van der Waals surface area contributed by atoms with E-state index in [1.54, 1.807) is 0 Å². The average molecular weight is 371 g/mol. The topological polar surface area (TPSA) is 15.3 Å². The largest absolute Gasteiger partial charge is 0.315 e. The summed E-state index contributed by atoms with van der Waals surface area (Å²) in [6.07, 6.45) is 1.20. The molecule has 0 amide bonds. The van der Waals surface area contributed by atoms with Gasteiger partial charge in [0, 0.05) is 19.6 Å². The van der Waals surface area contributed by atoms with Crippen molar-refractivity contribution < 1.29 is 0 Å². The number of hydrogen-bond acceptors (Lipinski definition) is 2. The maximum atomic E-state index is 3.55. The van der Waals surface area contributed by atoms with Crippen LogP contribution < -0.4 is 5.32 Å². The highest BCUT2D eigenvalue weighted by atomic mass is 15.2. The normalized spacial score (nSPS) is 16.5. The van der Waals surface area contributed by atoms with Gasteiger partial charge in [0.25, 0.3) is 0 Å². The van der Waals surface area contributed by atoms with Crippen molar-refractivity contribution in [3.05, 3.63) is 95.1 Å². The zero-order chi connectivity index (χ0) is 19.3. The first-order chi connectivity index (χ1) is 13.7. The summed E-state index contributed by atoms with van der Waals surface area (Å²) < 4.78 is 0. The quantitative estimate of drug-likeness (QED) is 0.665. The summed E-state index contributed by atoms with van der Waals surface area (Å²) in [6, 6.07) is 27.1. The Hall–Kier alpha value is -2.42. The lowest BCUT2D eigenvalue weighted by molar-refractivity contribution is 0.241. The Morgan fingerprint density at radius 2 is 1.39 bits per heavy atom. The zero-order valence-electron chi connectivity index (χ0n) is 17.0. The number of hydrogen-bond donors (Lipinski definition) is 1. The first-order valence-corrected chi connectivity index (χ1v) is 10.4. The molecule has 3 aromatic rings. The van der Waals surface area contributed by atoms with Crippen LogP contribution in [0.4, 0.5) is 0 Å². The Bertz CT molecular complexity index is 871. The molecule has 0 radical (unpaired) electrons. The van der Waals surface area contributed by atoms with Gasteiger partial charge in [0.15, 0.2) is 0 Å². The molecule has 0 aromatic heterocycles. The average Bonchev–Trinajstić information content (AvgIpc) is 2.98. The van der Waals surface area contributed by atoms with Crippen LogP contribution in [0.15, 0.2) is 72.8 Å². The first kappa shape index (κ1) is 18.9. The molecule has 2 nitrogen and oxygen atoms in total. The van der Waals surface area contributed by atoms with Crippen LogP contribution in [0.3, 0.4) is 0 Å². The number of nitrogens with zero attached hydrogens (tertiary/aromatic N) is 1. The lowest BCUT2D eigenvalue weighted by Crippen LogP contribution is -2.33. The molecule has 1 unspecified atom stereocenters. The van der Waals surface area contributed by atoms with Gasteiger partial charge < -0.3 is 5.32 Å². The lowest BCUT2D eigenvalue weighted by atomic mass is 9.92. The van der Waals surface area contributed by atoms with Crippen molar-refractivity contribution in [2.75, 3.05) is 26.2 Å². The maximum Gasteiger partial charge on any atom is 0.0602 e. The minimum absolute atomic E-state index is 0.309. The highest BCUT2D eigenvalue weighted by Gasteiger charge is 2.23. The number of benzene rings is 3. The molecule has 3 aromatic carbocycles. The second kappa shape index (κ2) is 8.72. The Morgan fingerprint density at radius 3 is 2.11 bits per heavy atom. The van der Waals surface area contributed by atoms with Gasteiger partial charge in [-0.3, -0.25) is 4.90 Å². The Morgan fingerprint density at radius 1 is 0.714 bits per heavy atom. The van der Waals surface area contributed by atoms with E-state index in [-0.39, 0.29) is 0 Å². The van der Waals surface area contributed by atoms with E-state index in [9.17, 15) is 0 Å². The van der Waals surface area contributed by atoms with Crippen LogP contribution in [0.2, 0.25) is 0 Å². The third-order valence-electron chi connectivity index (χ3n) is 5.63. The van der Waals surface area contributed by atoms with Crippen molar-refractivity contribution in [2.24, 2.45) is 0 Å². The summed E-state index contributed by atoms with van der Waals surface area (Å²) in [7, 11) is 0. The van der Waals surface area contributed by atoms with E-state index in [2.05, 4.69) is 96.9 Å². The van der Waals surface area contributed by atoms with Gasteiger partial charge in [-0.15, -0.1) is 0 Å². The van der Waals surface area contributed by atoms with Crippen molar-refractivity contribution in [1.29, 1.82) is 0 Å². The molecule has 1 N–H and O–H groups in total. The summed E-state index contributed by atoms with van der Waals surface area (Å²) in [5.41, 5.74) is 8.03. The maximum absolute atomic E-state index is 3.55. The predicted molar refractivity (Wildman–Crippen MR) is 119 cm³/mol. The monoisotopic (exact) mass is 370 g/mol. The summed E-state index contributed by atoms with van der Waals surface area (Å²) in [4.78, 5) is 2.64. The second-order valence-corrected chi connectivity index (χ2v) is 7.95. The molecule has 4 rings (SSSR count). The fourth-order valence-corrected chi connectivity index (χ4v) is 4.40. The van der Waals surface area contributed by atoms with Crippen molar-refractivity contribution in [2.45, 2.75) is 26.3 Å². The molecule has 0 bridgehead atoms. The molecule has 0 spiro atoms. The van der Waals surface area contributed by atoms with Crippen LogP contribution in [0.25, 0.3) is 11.1 Å². The van der Waals surface area contributed by atoms with E-state index in [1.165, 1.54) is 39.8 Å². The zero-order valence-corrected chi connectivity index (χ0v) is 17.0. The van der Waals surface area contributed by atoms with Gasteiger partial charge in [0.05, 0.1) is 6.04 Å². The van der Waals surface area contributed by atoms with Gasteiger partial charge in [-0.2, -0.15) is 0 Å². The molecule has 1 aliphatic rings. The number of rotatable bonds is 4. The van der Waals surface area contributed by atoms with E-state index in [0.29, 0.717) is 6.04 Å². The van der Waals surface area contributed by atoms with Crippen molar-refractivity contribution >= 4 is 0 Å². The fourth-order valence-electron chi connectivity index (χ4n) is 4.40.